The molecule has 0 radical (unpaired) electrons. The Morgan fingerprint density at radius 1 is 1.46 bits per heavy atom. The van der Waals surface area contributed by atoms with Crippen LogP contribution in [0.3, 0.4) is 0 Å². The minimum atomic E-state index is -1.31. The molecule has 0 aliphatic carbocycles. The number of hydrogen-bond acceptors (Lipinski definition) is 8. The second kappa shape index (κ2) is 7.26. The van der Waals surface area contributed by atoms with Crippen LogP contribution in [0.2, 0.25) is 0 Å². The van der Waals surface area contributed by atoms with Crippen LogP contribution >= 0.6 is 0 Å². The van der Waals surface area contributed by atoms with Crippen molar-refractivity contribution in [2.75, 3.05) is 26.4 Å². The predicted molar refractivity (Wildman–Crippen MR) is 77.0 cm³/mol. The van der Waals surface area contributed by atoms with Crippen LogP contribution in [0.15, 0.2) is 12.7 Å². The standard InChI is InChI=1S/C14H20N2O8/c1-4-11(18)22-5-9(17)6-24-16-13(20)15(12(19)14(16,2)3)23-8-10-7-21-10/h4,9-10,17H,1,5-8H2,2-3H3. The van der Waals surface area contributed by atoms with Crippen molar-refractivity contribution in [1.82, 2.24) is 10.1 Å². The zero-order valence-corrected chi connectivity index (χ0v) is 13.5. The number of amides is 3. The number of carbonyl (C=O) groups excluding carboxylic acids is 3. The molecule has 0 spiro atoms. The average Bonchev–Trinajstić information content (AvgIpc) is 3.33. The van der Waals surface area contributed by atoms with Gasteiger partial charge in [-0.15, -0.1) is 5.06 Å². The number of hydroxylamine groups is 4. The summed E-state index contributed by atoms with van der Waals surface area (Å²) in [5.74, 6) is -1.29. The molecule has 0 aromatic heterocycles. The number of esters is 1. The zero-order valence-electron chi connectivity index (χ0n) is 13.5. The van der Waals surface area contributed by atoms with E-state index in [1.807, 2.05) is 0 Å². The molecule has 24 heavy (non-hydrogen) atoms. The first-order chi connectivity index (χ1) is 11.3. The van der Waals surface area contributed by atoms with Crippen LogP contribution in [0, 0.1) is 0 Å². The fraction of sp³-hybridized carbons (Fsp3) is 0.643. The molecule has 2 saturated heterocycles. The van der Waals surface area contributed by atoms with Crippen molar-refractivity contribution in [3.8, 4) is 0 Å². The summed E-state index contributed by atoms with van der Waals surface area (Å²) in [5.41, 5.74) is -1.31. The van der Waals surface area contributed by atoms with Gasteiger partial charge in [-0.2, -0.15) is 5.06 Å². The van der Waals surface area contributed by atoms with E-state index < -0.39 is 29.6 Å². The highest BCUT2D eigenvalue weighted by atomic mass is 16.8. The molecule has 2 aliphatic rings. The third-order valence-electron chi connectivity index (χ3n) is 3.34. The molecule has 0 aromatic rings. The van der Waals surface area contributed by atoms with E-state index >= 15 is 0 Å². The third-order valence-corrected chi connectivity index (χ3v) is 3.34. The van der Waals surface area contributed by atoms with Gasteiger partial charge in [-0.25, -0.2) is 9.59 Å². The molecule has 134 valence electrons. The number of epoxide rings is 1. The number of rotatable bonds is 9. The van der Waals surface area contributed by atoms with Gasteiger partial charge >= 0.3 is 12.0 Å². The molecular formula is C14H20N2O8. The largest absolute Gasteiger partial charge is 0.460 e. The van der Waals surface area contributed by atoms with Crippen molar-refractivity contribution in [3.05, 3.63) is 12.7 Å². The predicted octanol–water partition coefficient (Wildman–Crippen LogP) is -0.619. The Kier molecular flexibility index (Phi) is 5.54. The number of carbonyl (C=O) groups is 3. The summed E-state index contributed by atoms with van der Waals surface area (Å²) in [4.78, 5) is 45.8. The molecule has 2 fully saturated rings. The summed E-state index contributed by atoms with van der Waals surface area (Å²) >= 11 is 0. The minimum Gasteiger partial charge on any atom is -0.460 e. The number of ether oxygens (including phenoxy) is 2. The molecular weight excluding hydrogens is 324 g/mol. The molecule has 0 bridgehead atoms. The lowest BCUT2D eigenvalue weighted by Crippen LogP contribution is -2.45. The van der Waals surface area contributed by atoms with Gasteiger partial charge in [0.2, 0.25) is 0 Å². The lowest BCUT2D eigenvalue weighted by molar-refractivity contribution is -0.184. The molecule has 10 nitrogen and oxygen atoms in total. The van der Waals surface area contributed by atoms with Crippen LogP contribution < -0.4 is 0 Å². The Morgan fingerprint density at radius 3 is 2.71 bits per heavy atom. The Labute approximate surface area is 138 Å². The van der Waals surface area contributed by atoms with E-state index in [1.165, 1.54) is 13.8 Å². The van der Waals surface area contributed by atoms with Gasteiger partial charge < -0.3 is 14.6 Å². The summed E-state index contributed by atoms with van der Waals surface area (Å²) in [6.45, 7) is 6.10. The van der Waals surface area contributed by atoms with E-state index in [0.29, 0.717) is 11.7 Å². The second-order valence-electron chi connectivity index (χ2n) is 5.77. The van der Waals surface area contributed by atoms with Gasteiger partial charge in [0.05, 0.1) is 6.61 Å². The van der Waals surface area contributed by atoms with Crippen molar-refractivity contribution in [2.24, 2.45) is 0 Å². The Balaban J connectivity index is 1.88. The first-order valence-corrected chi connectivity index (χ1v) is 7.30. The Hall–Kier alpha value is -2.01. The highest BCUT2D eigenvalue weighted by Crippen LogP contribution is 2.28. The molecule has 2 heterocycles. The quantitative estimate of drug-likeness (QED) is 0.254. The molecule has 3 amide bonds. The summed E-state index contributed by atoms with van der Waals surface area (Å²) in [6, 6.07) is -0.805. The van der Waals surface area contributed by atoms with Crippen molar-refractivity contribution in [3.63, 3.8) is 0 Å². The molecule has 2 aliphatic heterocycles. The number of hydrogen-bond donors (Lipinski definition) is 1. The van der Waals surface area contributed by atoms with E-state index in [1.54, 1.807) is 0 Å². The van der Waals surface area contributed by atoms with Crippen LogP contribution in [-0.4, -0.2) is 77.3 Å². The van der Waals surface area contributed by atoms with Crippen LogP contribution in [0.1, 0.15) is 13.8 Å². The normalized spacial score (nSPS) is 23.4. The summed E-state index contributed by atoms with van der Waals surface area (Å²) in [5, 5.41) is 11.1. The molecule has 0 aromatic carbocycles. The number of imide groups is 1. The Morgan fingerprint density at radius 2 is 2.12 bits per heavy atom. The van der Waals surface area contributed by atoms with Gasteiger partial charge in [-0.3, -0.25) is 14.5 Å². The van der Waals surface area contributed by atoms with Crippen LogP contribution in [0.5, 0.6) is 0 Å². The first-order valence-electron chi connectivity index (χ1n) is 7.30. The van der Waals surface area contributed by atoms with Crippen molar-refractivity contribution >= 4 is 17.9 Å². The molecule has 2 atom stereocenters. The van der Waals surface area contributed by atoms with Gasteiger partial charge in [-0.05, 0) is 13.8 Å². The van der Waals surface area contributed by atoms with Gasteiger partial charge in [0.1, 0.15) is 37.6 Å². The number of nitrogens with zero attached hydrogens (tertiary/aromatic N) is 2. The maximum absolute atomic E-state index is 12.3. The topological polar surface area (TPSA) is 118 Å². The van der Waals surface area contributed by atoms with Crippen molar-refractivity contribution < 1.29 is 38.6 Å². The van der Waals surface area contributed by atoms with Gasteiger partial charge in [0, 0.05) is 6.08 Å². The number of aliphatic hydroxyl groups is 1. The molecule has 0 saturated carbocycles. The summed E-state index contributed by atoms with van der Waals surface area (Å²) < 4.78 is 9.61. The fourth-order valence-corrected chi connectivity index (χ4v) is 1.84. The highest BCUT2D eigenvalue weighted by Gasteiger charge is 2.54. The monoisotopic (exact) mass is 344 g/mol. The van der Waals surface area contributed by atoms with Gasteiger partial charge in [0.25, 0.3) is 5.91 Å². The fourth-order valence-electron chi connectivity index (χ4n) is 1.84. The van der Waals surface area contributed by atoms with Gasteiger partial charge in [-0.1, -0.05) is 6.58 Å². The lowest BCUT2D eigenvalue weighted by Gasteiger charge is -2.26. The molecule has 2 unspecified atom stereocenters. The van der Waals surface area contributed by atoms with Crippen LogP contribution in [0.25, 0.3) is 0 Å². The first kappa shape index (κ1) is 18.3. The van der Waals surface area contributed by atoms with E-state index in [9.17, 15) is 19.5 Å². The van der Waals surface area contributed by atoms with E-state index in [-0.39, 0.29) is 25.9 Å². The van der Waals surface area contributed by atoms with Gasteiger partial charge in [0.15, 0.2) is 0 Å². The smallest absolute Gasteiger partial charge is 0.376 e. The number of urea groups is 1. The van der Waals surface area contributed by atoms with E-state index in [2.05, 4.69) is 11.3 Å². The summed E-state index contributed by atoms with van der Waals surface area (Å²) in [7, 11) is 0. The number of aliphatic hydroxyl groups excluding tert-OH is 1. The third kappa shape index (κ3) is 4.09. The van der Waals surface area contributed by atoms with Crippen molar-refractivity contribution in [2.45, 2.75) is 31.6 Å². The van der Waals surface area contributed by atoms with Crippen molar-refractivity contribution in [1.29, 1.82) is 0 Å². The van der Waals surface area contributed by atoms with Crippen LogP contribution in [-0.2, 0) is 28.7 Å². The molecule has 2 rings (SSSR count). The lowest BCUT2D eigenvalue weighted by atomic mass is 10.1. The van der Waals surface area contributed by atoms with E-state index in [4.69, 9.17) is 14.4 Å². The molecule has 10 heteroatoms. The average molecular weight is 344 g/mol. The summed E-state index contributed by atoms with van der Waals surface area (Å²) in [6.07, 6.45) is -0.342. The molecule has 1 N–H and O–H groups in total. The maximum Gasteiger partial charge on any atom is 0.376 e. The minimum absolute atomic E-state index is 0.0849. The highest BCUT2D eigenvalue weighted by molar-refractivity contribution is 6.04. The Bertz CT molecular complexity index is 531. The maximum atomic E-state index is 12.3. The van der Waals surface area contributed by atoms with E-state index in [0.717, 1.165) is 11.1 Å². The van der Waals surface area contributed by atoms with Crippen LogP contribution in [0.4, 0.5) is 4.79 Å². The second-order valence-corrected chi connectivity index (χ2v) is 5.77. The zero-order chi connectivity index (χ0) is 17.9. The SMILES string of the molecule is C=CC(=O)OCC(O)CON1C(=O)N(OCC2CO2)C(=O)C1(C)C.